The third-order valence-electron chi connectivity index (χ3n) is 1.87. The molecule has 0 saturated heterocycles. The lowest BCUT2D eigenvalue weighted by Gasteiger charge is -2.05. The number of aromatic nitrogens is 1. The second-order valence-electron chi connectivity index (χ2n) is 3.00. The number of pyridine rings is 1. The molecule has 0 atom stereocenters. The quantitative estimate of drug-likeness (QED) is 0.840. The van der Waals surface area contributed by atoms with Crippen LogP contribution in [0.15, 0.2) is 42.7 Å². The topological polar surface area (TPSA) is 24.9 Å². The number of nitrogens with zero attached hydrogens (tertiary/aromatic N) is 1. The standard InChI is InChI=1S/C11H8ClFN2/c12-10-6-8(3-4-11(10)13)15-9-2-1-5-14-7-9/h1-7,15H. The van der Waals surface area contributed by atoms with Crippen LogP contribution in [0.4, 0.5) is 15.8 Å². The molecule has 1 aromatic heterocycles. The molecule has 4 heteroatoms. The fourth-order valence-electron chi connectivity index (χ4n) is 1.18. The highest BCUT2D eigenvalue weighted by Gasteiger charge is 2.00. The molecule has 2 rings (SSSR count). The van der Waals surface area contributed by atoms with Gasteiger partial charge in [-0.05, 0) is 30.3 Å². The van der Waals surface area contributed by atoms with Crippen molar-refractivity contribution in [1.82, 2.24) is 4.98 Å². The van der Waals surface area contributed by atoms with Gasteiger partial charge in [0.05, 0.1) is 16.9 Å². The second kappa shape index (κ2) is 4.28. The van der Waals surface area contributed by atoms with Crippen LogP contribution in [0.1, 0.15) is 0 Å². The highest BCUT2D eigenvalue weighted by molar-refractivity contribution is 6.31. The second-order valence-corrected chi connectivity index (χ2v) is 3.40. The summed E-state index contributed by atoms with van der Waals surface area (Å²) < 4.78 is 12.9. The summed E-state index contributed by atoms with van der Waals surface area (Å²) in [5.74, 6) is -0.423. The Hall–Kier alpha value is -1.61. The van der Waals surface area contributed by atoms with Gasteiger partial charge in [0.1, 0.15) is 5.82 Å². The summed E-state index contributed by atoms with van der Waals surface area (Å²) in [6.07, 6.45) is 3.36. The molecule has 0 spiro atoms. The van der Waals surface area contributed by atoms with Crippen molar-refractivity contribution in [3.63, 3.8) is 0 Å². The summed E-state index contributed by atoms with van der Waals surface area (Å²) in [6.45, 7) is 0. The molecular formula is C11H8ClFN2. The Balaban J connectivity index is 2.22. The highest BCUT2D eigenvalue weighted by atomic mass is 35.5. The van der Waals surface area contributed by atoms with E-state index < -0.39 is 5.82 Å². The molecule has 0 aliphatic heterocycles. The van der Waals surface area contributed by atoms with Gasteiger partial charge >= 0.3 is 0 Å². The van der Waals surface area contributed by atoms with Gasteiger partial charge in [-0.1, -0.05) is 11.6 Å². The zero-order valence-electron chi connectivity index (χ0n) is 7.74. The number of anilines is 2. The molecule has 0 aliphatic rings. The molecule has 0 aliphatic carbocycles. The number of halogens is 2. The van der Waals surface area contributed by atoms with E-state index in [1.807, 2.05) is 12.1 Å². The van der Waals surface area contributed by atoms with Crippen molar-refractivity contribution < 1.29 is 4.39 Å². The molecule has 0 bridgehead atoms. The molecule has 15 heavy (non-hydrogen) atoms. The lowest BCUT2D eigenvalue weighted by molar-refractivity contribution is 0.628. The Labute approximate surface area is 91.7 Å². The average molecular weight is 223 g/mol. The number of hydrogen-bond acceptors (Lipinski definition) is 2. The van der Waals surface area contributed by atoms with E-state index >= 15 is 0 Å². The van der Waals surface area contributed by atoms with Gasteiger partial charge in [0.25, 0.3) is 0 Å². The average Bonchev–Trinajstić information content (AvgIpc) is 2.25. The third-order valence-corrected chi connectivity index (χ3v) is 2.16. The SMILES string of the molecule is Fc1ccc(Nc2cccnc2)cc1Cl. The van der Waals surface area contributed by atoms with Crippen molar-refractivity contribution in [1.29, 1.82) is 0 Å². The van der Waals surface area contributed by atoms with Crippen LogP contribution in [0.3, 0.4) is 0 Å². The fourth-order valence-corrected chi connectivity index (χ4v) is 1.36. The molecular weight excluding hydrogens is 215 g/mol. The minimum Gasteiger partial charge on any atom is -0.354 e. The Kier molecular flexibility index (Phi) is 2.83. The van der Waals surface area contributed by atoms with E-state index in [-0.39, 0.29) is 5.02 Å². The molecule has 0 amide bonds. The van der Waals surface area contributed by atoms with Crippen molar-refractivity contribution in [2.45, 2.75) is 0 Å². The maximum atomic E-state index is 12.9. The first-order chi connectivity index (χ1) is 7.25. The largest absolute Gasteiger partial charge is 0.354 e. The van der Waals surface area contributed by atoms with Gasteiger partial charge in [-0.2, -0.15) is 0 Å². The van der Waals surface area contributed by atoms with Crippen molar-refractivity contribution in [2.75, 3.05) is 5.32 Å². The van der Waals surface area contributed by atoms with Gasteiger partial charge in [-0.25, -0.2) is 4.39 Å². The minimum atomic E-state index is -0.423. The Morgan fingerprint density at radius 3 is 2.73 bits per heavy atom. The molecule has 2 nitrogen and oxygen atoms in total. The van der Waals surface area contributed by atoms with Crippen molar-refractivity contribution in [2.24, 2.45) is 0 Å². The number of hydrogen-bond donors (Lipinski definition) is 1. The van der Waals surface area contributed by atoms with Crippen LogP contribution in [0.2, 0.25) is 5.02 Å². The number of benzene rings is 1. The van der Waals surface area contributed by atoms with Gasteiger partial charge in [0.2, 0.25) is 0 Å². The molecule has 0 fully saturated rings. The smallest absolute Gasteiger partial charge is 0.141 e. The molecule has 0 radical (unpaired) electrons. The zero-order chi connectivity index (χ0) is 10.7. The van der Waals surface area contributed by atoms with E-state index in [9.17, 15) is 4.39 Å². The van der Waals surface area contributed by atoms with E-state index in [0.717, 1.165) is 11.4 Å². The zero-order valence-corrected chi connectivity index (χ0v) is 8.50. The normalized spacial score (nSPS) is 10.0. The monoisotopic (exact) mass is 222 g/mol. The van der Waals surface area contributed by atoms with Crippen molar-refractivity contribution >= 4 is 23.0 Å². The van der Waals surface area contributed by atoms with Crippen molar-refractivity contribution in [3.05, 3.63) is 53.6 Å². The van der Waals surface area contributed by atoms with E-state index in [4.69, 9.17) is 11.6 Å². The Morgan fingerprint density at radius 1 is 1.20 bits per heavy atom. The Bertz CT molecular complexity index is 459. The fraction of sp³-hybridized carbons (Fsp3) is 0. The number of nitrogens with one attached hydrogen (secondary N) is 1. The molecule has 0 saturated carbocycles. The van der Waals surface area contributed by atoms with Gasteiger partial charge in [-0.15, -0.1) is 0 Å². The van der Waals surface area contributed by atoms with Crippen LogP contribution < -0.4 is 5.32 Å². The maximum absolute atomic E-state index is 12.9. The summed E-state index contributed by atoms with van der Waals surface area (Å²) >= 11 is 5.65. The molecule has 1 heterocycles. The van der Waals surface area contributed by atoms with E-state index in [2.05, 4.69) is 10.3 Å². The molecule has 1 aromatic carbocycles. The summed E-state index contributed by atoms with van der Waals surface area (Å²) in [7, 11) is 0. The highest BCUT2D eigenvalue weighted by Crippen LogP contribution is 2.21. The lowest BCUT2D eigenvalue weighted by Crippen LogP contribution is -1.91. The molecule has 1 N–H and O–H groups in total. The maximum Gasteiger partial charge on any atom is 0.141 e. The van der Waals surface area contributed by atoms with Crippen LogP contribution >= 0.6 is 11.6 Å². The van der Waals surface area contributed by atoms with Crippen LogP contribution in [-0.4, -0.2) is 4.98 Å². The lowest BCUT2D eigenvalue weighted by atomic mass is 10.3. The molecule has 76 valence electrons. The van der Waals surface area contributed by atoms with E-state index in [0.29, 0.717) is 0 Å². The minimum absolute atomic E-state index is 0.101. The van der Waals surface area contributed by atoms with Gasteiger partial charge < -0.3 is 5.32 Å². The first-order valence-electron chi connectivity index (χ1n) is 4.38. The summed E-state index contributed by atoms with van der Waals surface area (Å²) in [4.78, 5) is 3.95. The van der Waals surface area contributed by atoms with Gasteiger partial charge in [0, 0.05) is 11.9 Å². The Morgan fingerprint density at radius 2 is 2.07 bits per heavy atom. The number of rotatable bonds is 2. The third kappa shape index (κ3) is 2.44. The molecule has 2 aromatic rings. The predicted molar refractivity (Wildman–Crippen MR) is 58.9 cm³/mol. The van der Waals surface area contributed by atoms with Crippen molar-refractivity contribution in [3.8, 4) is 0 Å². The summed E-state index contributed by atoms with van der Waals surface area (Å²) in [6, 6.07) is 8.15. The van der Waals surface area contributed by atoms with E-state index in [1.54, 1.807) is 18.5 Å². The first kappa shape index (κ1) is 9.93. The van der Waals surface area contributed by atoms with Crippen LogP contribution in [0.5, 0.6) is 0 Å². The van der Waals surface area contributed by atoms with Crippen LogP contribution in [-0.2, 0) is 0 Å². The van der Waals surface area contributed by atoms with Gasteiger partial charge in [0.15, 0.2) is 0 Å². The predicted octanol–water partition coefficient (Wildman–Crippen LogP) is 3.62. The summed E-state index contributed by atoms with van der Waals surface area (Å²) in [5.41, 5.74) is 1.56. The molecule has 0 unspecified atom stereocenters. The first-order valence-corrected chi connectivity index (χ1v) is 4.75. The van der Waals surface area contributed by atoms with Gasteiger partial charge in [-0.3, -0.25) is 4.98 Å². The van der Waals surface area contributed by atoms with Crippen LogP contribution in [0.25, 0.3) is 0 Å². The van der Waals surface area contributed by atoms with E-state index in [1.165, 1.54) is 12.1 Å². The van der Waals surface area contributed by atoms with Crippen LogP contribution in [0, 0.1) is 5.82 Å². The summed E-state index contributed by atoms with van der Waals surface area (Å²) in [5, 5.41) is 3.16.